The van der Waals surface area contributed by atoms with E-state index in [1.165, 1.54) is 18.2 Å². The topological polar surface area (TPSA) is 90.2 Å². The van der Waals surface area contributed by atoms with Crippen LogP contribution in [0.15, 0.2) is 42.5 Å². The molecule has 0 saturated heterocycles. The Labute approximate surface area is 142 Å². The molecule has 25 heavy (non-hydrogen) atoms. The summed E-state index contributed by atoms with van der Waals surface area (Å²) in [5.74, 6) is -3.81. The van der Waals surface area contributed by atoms with Gasteiger partial charge in [-0.05, 0) is 29.8 Å². The zero-order chi connectivity index (χ0) is 18.4. The number of nitrogens with zero attached hydrogens (tertiary/aromatic N) is 1. The van der Waals surface area contributed by atoms with Gasteiger partial charge in [0.2, 0.25) is 5.91 Å². The molecular formula is C18H14F2N2O3. The zero-order valence-corrected chi connectivity index (χ0v) is 13.0. The summed E-state index contributed by atoms with van der Waals surface area (Å²) in [5.41, 5.74) is 0.612. The second kappa shape index (κ2) is 8.02. The average Bonchev–Trinajstić information content (AvgIpc) is 2.58. The number of halogens is 2. The van der Waals surface area contributed by atoms with E-state index in [2.05, 4.69) is 5.32 Å². The van der Waals surface area contributed by atoms with Crippen molar-refractivity contribution in [3.05, 3.63) is 70.8 Å². The normalized spacial score (nSPS) is 11.4. The standard InChI is InChI=1S/C18H14F2N2O3/c19-14-2-1-3-15(20)13(14)9-17(23)22-16(18(24)25)8-11-4-6-12(10-21)7-5-11/h1-7,16H,8-9H2,(H,22,23)(H,24,25)/t16-/m1/s1. The van der Waals surface area contributed by atoms with Gasteiger partial charge in [0.25, 0.3) is 0 Å². The Bertz CT molecular complexity index is 809. The minimum atomic E-state index is -1.27. The van der Waals surface area contributed by atoms with E-state index in [1.807, 2.05) is 6.07 Å². The van der Waals surface area contributed by atoms with E-state index in [-0.39, 0.29) is 6.42 Å². The van der Waals surface area contributed by atoms with Gasteiger partial charge in [0.15, 0.2) is 0 Å². The minimum absolute atomic E-state index is 0.0213. The lowest BCUT2D eigenvalue weighted by atomic mass is 10.0. The number of nitriles is 1. The fraction of sp³-hybridized carbons (Fsp3) is 0.167. The number of aliphatic carboxylic acids is 1. The highest BCUT2D eigenvalue weighted by Crippen LogP contribution is 2.13. The number of hydrogen-bond donors (Lipinski definition) is 2. The first-order valence-corrected chi connectivity index (χ1v) is 7.35. The van der Waals surface area contributed by atoms with Crippen LogP contribution in [0.1, 0.15) is 16.7 Å². The number of amides is 1. The highest BCUT2D eigenvalue weighted by molar-refractivity contribution is 5.85. The van der Waals surface area contributed by atoms with Crippen molar-refractivity contribution in [2.45, 2.75) is 18.9 Å². The quantitative estimate of drug-likeness (QED) is 0.840. The van der Waals surface area contributed by atoms with E-state index >= 15 is 0 Å². The summed E-state index contributed by atoms with van der Waals surface area (Å²) in [5, 5.41) is 20.2. The molecule has 0 aliphatic heterocycles. The van der Waals surface area contributed by atoms with Crippen molar-refractivity contribution in [1.82, 2.24) is 5.32 Å². The Kier molecular flexibility index (Phi) is 5.79. The lowest BCUT2D eigenvalue weighted by Gasteiger charge is -2.15. The molecule has 1 atom stereocenters. The Morgan fingerprint density at radius 1 is 1.12 bits per heavy atom. The SMILES string of the molecule is N#Cc1ccc(C[C@@H](NC(=O)Cc2c(F)cccc2F)C(=O)O)cc1. The molecule has 1 amide bonds. The molecule has 0 bridgehead atoms. The molecule has 0 saturated carbocycles. The third kappa shape index (κ3) is 4.85. The van der Waals surface area contributed by atoms with E-state index in [0.29, 0.717) is 11.1 Å². The molecule has 0 unspecified atom stereocenters. The van der Waals surface area contributed by atoms with Crippen LogP contribution in [0.4, 0.5) is 8.78 Å². The van der Waals surface area contributed by atoms with Crippen molar-refractivity contribution in [3.8, 4) is 6.07 Å². The first kappa shape index (κ1) is 18.1. The molecule has 2 aromatic rings. The summed E-state index contributed by atoms with van der Waals surface area (Å²) in [6.07, 6.45) is -0.623. The molecule has 0 heterocycles. The fourth-order valence-corrected chi connectivity index (χ4v) is 2.26. The molecule has 0 aliphatic carbocycles. The van der Waals surface area contributed by atoms with Crippen LogP contribution in [0.3, 0.4) is 0 Å². The number of carboxylic acids is 1. The lowest BCUT2D eigenvalue weighted by Crippen LogP contribution is -2.43. The van der Waals surface area contributed by atoms with E-state index in [9.17, 15) is 23.5 Å². The van der Waals surface area contributed by atoms with Gasteiger partial charge in [-0.1, -0.05) is 18.2 Å². The van der Waals surface area contributed by atoms with E-state index in [4.69, 9.17) is 5.26 Å². The summed E-state index contributed by atoms with van der Waals surface area (Å²) in [6, 6.07) is 10.1. The zero-order valence-electron chi connectivity index (χ0n) is 13.0. The highest BCUT2D eigenvalue weighted by atomic mass is 19.1. The molecule has 2 N–H and O–H groups in total. The Balaban J connectivity index is 2.06. The van der Waals surface area contributed by atoms with Crippen LogP contribution < -0.4 is 5.32 Å². The summed E-state index contributed by atoms with van der Waals surface area (Å²) in [7, 11) is 0. The Morgan fingerprint density at radius 3 is 2.24 bits per heavy atom. The molecule has 0 aliphatic rings. The minimum Gasteiger partial charge on any atom is -0.480 e. The van der Waals surface area contributed by atoms with Gasteiger partial charge < -0.3 is 10.4 Å². The number of carboxylic acid groups (broad SMARTS) is 1. The summed E-state index contributed by atoms with van der Waals surface area (Å²) >= 11 is 0. The van der Waals surface area contributed by atoms with Gasteiger partial charge in [-0.25, -0.2) is 13.6 Å². The molecule has 0 radical (unpaired) electrons. The molecule has 0 fully saturated rings. The van der Waals surface area contributed by atoms with Gasteiger partial charge in [0, 0.05) is 12.0 Å². The summed E-state index contributed by atoms with van der Waals surface area (Å²) < 4.78 is 27.1. The monoisotopic (exact) mass is 344 g/mol. The number of rotatable bonds is 6. The lowest BCUT2D eigenvalue weighted by molar-refractivity contribution is -0.141. The number of nitrogens with one attached hydrogen (secondary N) is 1. The molecule has 0 aromatic heterocycles. The number of benzene rings is 2. The van der Waals surface area contributed by atoms with Crippen LogP contribution in [0.2, 0.25) is 0 Å². The van der Waals surface area contributed by atoms with E-state index in [0.717, 1.165) is 12.1 Å². The van der Waals surface area contributed by atoms with Crippen LogP contribution in [0.5, 0.6) is 0 Å². The van der Waals surface area contributed by atoms with Crippen LogP contribution in [0.25, 0.3) is 0 Å². The molecule has 2 rings (SSSR count). The Hall–Kier alpha value is -3.27. The van der Waals surface area contributed by atoms with Gasteiger partial charge in [-0.15, -0.1) is 0 Å². The number of carbonyl (C=O) groups is 2. The maximum Gasteiger partial charge on any atom is 0.326 e. The van der Waals surface area contributed by atoms with Gasteiger partial charge >= 0.3 is 5.97 Å². The largest absolute Gasteiger partial charge is 0.480 e. The maximum atomic E-state index is 13.6. The smallest absolute Gasteiger partial charge is 0.326 e. The molecule has 7 heteroatoms. The second-order valence-electron chi connectivity index (χ2n) is 5.35. The molecular weight excluding hydrogens is 330 g/mol. The van der Waals surface area contributed by atoms with E-state index < -0.39 is 41.5 Å². The molecule has 2 aromatic carbocycles. The second-order valence-corrected chi connectivity index (χ2v) is 5.35. The van der Waals surface area contributed by atoms with Crippen molar-refractivity contribution < 1.29 is 23.5 Å². The van der Waals surface area contributed by atoms with Gasteiger partial charge in [-0.2, -0.15) is 5.26 Å². The predicted octanol–water partition coefficient (Wildman–Crippen LogP) is 2.19. The first-order chi connectivity index (χ1) is 11.9. The number of carbonyl (C=O) groups excluding carboxylic acids is 1. The van der Waals surface area contributed by atoms with Gasteiger partial charge in [0.05, 0.1) is 18.1 Å². The van der Waals surface area contributed by atoms with Crippen LogP contribution in [0, 0.1) is 23.0 Å². The van der Waals surface area contributed by atoms with Crippen molar-refractivity contribution >= 4 is 11.9 Å². The van der Waals surface area contributed by atoms with Gasteiger partial charge in [-0.3, -0.25) is 4.79 Å². The number of hydrogen-bond acceptors (Lipinski definition) is 3. The predicted molar refractivity (Wildman–Crippen MR) is 84.5 cm³/mol. The highest BCUT2D eigenvalue weighted by Gasteiger charge is 2.22. The Morgan fingerprint density at radius 2 is 1.72 bits per heavy atom. The van der Waals surface area contributed by atoms with Crippen LogP contribution in [-0.4, -0.2) is 23.0 Å². The van der Waals surface area contributed by atoms with Crippen molar-refractivity contribution in [2.75, 3.05) is 0 Å². The van der Waals surface area contributed by atoms with Gasteiger partial charge in [0.1, 0.15) is 17.7 Å². The van der Waals surface area contributed by atoms with Crippen molar-refractivity contribution in [2.24, 2.45) is 0 Å². The van der Waals surface area contributed by atoms with Crippen molar-refractivity contribution in [1.29, 1.82) is 5.26 Å². The third-order valence-corrected chi connectivity index (χ3v) is 3.56. The fourth-order valence-electron chi connectivity index (χ4n) is 2.26. The van der Waals surface area contributed by atoms with Crippen LogP contribution in [-0.2, 0) is 22.4 Å². The van der Waals surface area contributed by atoms with Crippen LogP contribution >= 0.6 is 0 Å². The maximum absolute atomic E-state index is 13.6. The summed E-state index contributed by atoms with van der Waals surface area (Å²) in [4.78, 5) is 23.3. The average molecular weight is 344 g/mol. The first-order valence-electron chi connectivity index (χ1n) is 7.35. The van der Waals surface area contributed by atoms with E-state index in [1.54, 1.807) is 12.1 Å². The molecule has 128 valence electrons. The van der Waals surface area contributed by atoms with Crippen molar-refractivity contribution in [3.63, 3.8) is 0 Å². The molecule has 0 spiro atoms. The molecule has 5 nitrogen and oxygen atoms in total. The summed E-state index contributed by atoms with van der Waals surface area (Å²) in [6.45, 7) is 0. The third-order valence-electron chi connectivity index (χ3n) is 3.56.